The third-order valence-corrected chi connectivity index (χ3v) is 6.87. The van der Waals surface area contributed by atoms with Crippen LogP contribution in [-0.4, -0.2) is 34.7 Å². The van der Waals surface area contributed by atoms with E-state index in [4.69, 9.17) is 4.74 Å². The van der Waals surface area contributed by atoms with Gasteiger partial charge in [0.2, 0.25) is 5.43 Å². The first-order valence-corrected chi connectivity index (χ1v) is 12.3. The number of likely N-dealkylation sites (N-methyl/N-ethyl adjacent to an activating group) is 1. The Morgan fingerprint density at radius 1 is 0.892 bits per heavy atom. The van der Waals surface area contributed by atoms with Gasteiger partial charge in [0.1, 0.15) is 6.61 Å². The fraction of sp³-hybridized carbons (Fsp3) is 0.194. The second kappa shape index (κ2) is 10.3. The maximum atomic E-state index is 13.5. The number of ether oxygens (including phenoxy) is 1. The normalized spacial score (nSPS) is 14.9. The molecule has 1 aliphatic heterocycles. The Bertz CT molecular complexity index is 1440. The van der Waals surface area contributed by atoms with Crippen molar-refractivity contribution in [1.82, 2.24) is 9.47 Å². The molecule has 0 saturated carbocycles. The van der Waals surface area contributed by atoms with Crippen LogP contribution in [0.2, 0.25) is 0 Å². The molecule has 1 atom stereocenters. The van der Waals surface area contributed by atoms with E-state index in [0.717, 1.165) is 16.7 Å². The third-order valence-electron chi connectivity index (χ3n) is 6.87. The number of carbonyl (C=O) groups is 2. The highest BCUT2D eigenvalue weighted by Crippen LogP contribution is 2.40. The van der Waals surface area contributed by atoms with Crippen LogP contribution in [0.5, 0.6) is 5.75 Å². The molecular weight excluding hydrogens is 464 g/mol. The Kier molecular flexibility index (Phi) is 6.73. The van der Waals surface area contributed by atoms with Crippen LogP contribution in [0.25, 0.3) is 0 Å². The van der Waals surface area contributed by atoms with E-state index in [1.54, 1.807) is 22.7 Å². The first kappa shape index (κ1) is 24.3. The highest BCUT2D eigenvalue weighted by atomic mass is 16.5. The average molecular weight is 493 g/mol. The largest absolute Gasteiger partial charge is 0.483 e. The molecule has 0 saturated heterocycles. The van der Waals surface area contributed by atoms with E-state index in [1.807, 2.05) is 66.7 Å². The Labute approximate surface area is 215 Å². The molecule has 0 spiro atoms. The minimum Gasteiger partial charge on any atom is -0.483 e. The second-order valence-electron chi connectivity index (χ2n) is 9.34. The van der Waals surface area contributed by atoms with Gasteiger partial charge in [-0.1, -0.05) is 91.0 Å². The number of amides is 1. The molecule has 1 aliphatic rings. The smallest absolute Gasteiger partial charge is 0.274 e. The van der Waals surface area contributed by atoms with Crippen molar-refractivity contribution in [3.8, 4) is 5.75 Å². The van der Waals surface area contributed by atoms with Gasteiger partial charge in [-0.05, 0) is 23.6 Å². The summed E-state index contributed by atoms with van der Waals surface area (Å²) < 4.78 is 7.83. The Balaban J connectivity index is 1.72. The van der Waals surface area contributed by atoms with Crippen LogP contribution >= 0.6 is 0 Å². The number of aromatic nitrogens is 1. The molecule has 2 heterocycles. The molecule has 186 valence electrons. The van der Waals surface area contributed by atoms with Crippen molar-refractivity contribution >= 4 is 11.7 Å². The molecule has 0 bridgehead atoms. The van der Waals surface area contributed by atoms with Crippen molar-refractivity contribution < 1.29 is 14.3 Å². The van der Waals surface area contributed by atoms with Crippen molar-refractivity contribution in [2.45, 2.75) is 25.5 Å². The van der Waals surface area contributed by atoms with Gasteiger partial charge < -0.3 is 14.2 Å². The minimum absolute atomic E-state index is 0.00837. The molecule has 1 amide bonds. The van der Waals surface area contributed by atoms with Gasteiger partial charge in [0.15, 0.2) is 17.2 Å². The van der Waals surface area contributed by atoms with E-state index in [-0.39, 0.29) is 47.3 Å². The van der Waals surface area contributed by atoms with Crippen LogP contribution in [0.3, 0.4) is 0 Å². The summed E-state index contributed by atoms with van der Waals surface area (Å²) in [6, 6.07) is 29.3. The van der Waals surface area contributed by atoms with E-state index >= 15 is 0 Å². The number of pyridine rings is 1. The van der Waals surface area contributed by atoms with Gasteiger partial charge in [0.05, 0.1) is 11.6 Å². The minimum atomic E-state index is -0.562. The molecule has 0 unspecified atom stereocenters. The van der Waals surface area contributed by atoms with Crippen LogP contribution in [0.4, 0.5) is 0 Å². The molecule has 1 aromatic heterocycles. The molecular formula is C31H28N2O4. The number of benzene rings is 3. The Hall–Kier alpha value is -4.45. The predicted octanol–water partition coefficient (Wildman–Crippen LogP) is 5.09. The molecule has 6 nitrogen and oxygen atoms in total. The average Bonchev–Trinajstić information content (AvgIpc) is 2.92. The van der Waals surface area contributed by atoms with E-state index in [9.17, 15) is 14.4 Å². The van der Waals surface area contributed by atoms with Crippen molar-refractivity contribution in [3.63, 3.8) is 0 Å². The summed E-state index contributed by atoms with van der Waals surface area (Å²) in [6.45, 7) is 1.87. The van der Waals surface area contributed by atoms with Gasteiger partial charge in [-0.3, -0.25) is 14.4 Å². The van der Waals surface area contributed by atoms with Crippen LogP contribution in [0.1, 0.15) is 56.4 Å². The number of Topliss-reactive ketones (excluding diaryl/α,β-unsaturated/α-hetero) is 1. The standard InChI is InChI=1S/C31H28N2O4/c1-21(34)25-18-33-26(27(23-14-8-4-9-15-23)24-16-10-5-11-17-24)19-32(2)31(36)28(33)30(29(25)35)37-20-22-12-6-3-7-13-22/h3-18,26-27H,19-20H2,1-2H3/t26-/m1/s1. The van der Waals surface area contributed by atoms with Crippen LogP contribution in [0, 0.1) is 0 Å². The summed E-state index contributed by atoms with van der Waals surface area (Å²) in [7, 11) is 1.73. The van der Waals surface area contributed by atoms with E-state index < -0.39 is 5.43 Å². The highest BCUT2D eigenvalue weighted by molar-refractivity contribution is 5.99. The zero-order valence-corrected chi connectivity index (χ0v) is 20.8. The molecule has 3 aromatic carbocycles. The topological polar surface area (TPSA) is 68.6 Å². The molecule has 0 aliphatic carbocycles. The maximum absolute atomic E-state index is 13.5. The number of nitrogens with zero attached hydrogens (tertiary/aromatic N) is 2. The van der Waals surface area contributed by atoms with Gasteiger partial charge in [0.25, 0.3) is 5.91 Å². The lowest BCUT2D eigenvalue weighted by Gasteiger charge is -2.39. The Morgan fingerprint density at radius 2 is 1.43 bits per heavy atom. The van der Waals surface area contributed by atoms with Crippen LogP contribution in [-0.2, 0) is 6.61 Å². The summed E-state index contributed by atoms with van der Waals surface area (Å²) in [5, 5.41) is 0. The molecule has 6 heteroatoms. The van der Waals surface area contributed by atoms with Gasteiger partial charge >= 0.3 is 0 Å². The summed E-state index contributed by atoms with van der Waals surface area (Å²) in [5.74, 6) is -0.906. The Morgan fingerprint density at radius 3 is 1.97 bits per heavy atom. The summed E-state index contributed by atoms with van der Waals surface area (Å²) in [6.07, 6.45) is 1.55. The lowest BCUT2D eigenvalue weighted by Crippen LogP contribution is -2.45. The molecule has 0 fully saturated rings. The fourth-order valence-corrected chi connectivity index (χ4v) is 5.05. The lowest BCUT2D eigenvalue weighted by molar-refractivity contribution is 0.0696. The summed E-state index contributed by atoms with van der Waals surface area (Å²) in [5.41, 5.74) is 2.61. The molecule has 0 N–H and O–H groups in total. The van der Waals surface area contributed by atoms with Crippen LogP contribution in [0.15, 0.2) is 102 Å². The lowest BCUT2D eigenvalue weighted by atomic mass is 9.83. The molecule has 5 rings (SSSR count). The third kappa shape index (κ3) is 4.70. The molecule has 37 heavy (non-hydrogen) atoms. The zero-order chi connectivity index (χ0) is 25.9. The SMILES string of the molecule is CC(=O)c1cn2c(c(OCc3ccccc3)c1=O)C(=O)N(C)C[C@@H]2C(c1ccccc1)c1ccccc1. The number of hydrogen-bond donors (Lipinski definition) is 0. The van der Waals surface area contributed by atoms with Gasteiger partial charge in [-0.15, -0.1) is 0 Å². The second-order valence-corrected chi connectivity index (χ2v) is 9.34. The molecule has 0 radical (unpaired) electrons. The van der Waals surface area contributed by atoms with Crippen molar-refractivity contribution in [2.24, 2.45) is 0 Å². The van der Waals surface area contributed by atoms with E-state index in [2.05, 4.69) is 24.3 Å². The van der Waals surface area contributed by atoms with Gasteiger partial charge in [-0.25, -0.2) is 0 Å². The summed E-state index contributed by atoms with van der Waals surface area (Å²) >= 11 is 0. The van der Waals surface area contributed by atoms with Crippen LogP contribution < -0.4 is 10.2 Å². The van der Waals surface area contributed by atoms with Crippen molar-refractivity contribution in [3.05, 3.63) is 135 Å². The quantitative estimate of drug-likeness (QED) is 0.337. The first-order chi connectivity index (χ1) is 18.0. The zero-order valence-electron chi connectivity index (χ0n) is 20.8. The molecule has 4 aromatic rings. The van der Waals surface area contributed by atoms with Gasteiger partial charge in [0, 0.05) is 25.7 Å². The first-order valence-electron chi connectivity index (χ1n) is 12.3. The monoisotopic (exact) mass is 492 g/mol. The van der Waals surface area contributed by atoms with E-state index in [1.165, 1.54) is 6.92 Å². The number of fused-ring (bicyclic) bond motifs is 1. The number of carbonyl (C=O) groups excluding carboxylic acids is 2. The number of ketones is 1. The summed E-state index contributed by atoms with van der Waals surface area (Å²) in [4.78, 5) is 41.2. The maximum Gasteiger partial charge on any atom is 0.274 e. The van der Waals surface area contributed by atoms with Crippen molar-refractivity contribution in [2.75, 3.05) is 13.6 Å². The number of hydrogen-bond acceptors (Lipinski definition) is 4. The fourth-order valence-electron chi connectivity index (χ4n) is 5.05. The van der Waals surface area contributed by atoms with Gasteiger partial charge in [-0.2, -0.15) is 0 Å². The van der Waals surface area contributed by atoms with Crippen molar-refractivity contribution in [1.29, 1.82) is 0 Å². The highest BCUT2D eigenvalue weighted by Gasteiger charge is 2.38. The number of rotatable bonds is 7. The van der Waals surface area contributed by atoms with E-state index in [0.29, 0.717) is 6.54 Å². The predicted molar refractivity (Wildman–Crippen MR) is 142 cm³/mol.